The number of nitrogens with one attached hydrogen (secondary N) is 2. The first kappa shape index (κ1) is 16.4. The normalized spacial score (nSPS) is 10.5. The Hall–Kier alpha value is -2.47. The Balaban J connectivity index is 1.84. The number of nitrogens with zero attached hydrogens (tertiary/aromatic N) is 3. The van der Waals surface area contributed by atoms with Crippen LogP contribution >= 0.6 is 15.9 Å². The maximum Gasteiger partial charge on any atom is 0.249 e. The van der Waals surface area contributed by atoms with Crippen molar-refractivity contribution < 1.29 is 0 Å². The molecule has 1 heterocycles. The zero-order valence-corrected chi connectivity index (χ0v) is 15.3. The van der Waals surface area contributed by atoms with Crippen molar-refractivity contribution in [1.29, 1.82) is 0 Å². The monoisotopic (exact) mass is 383 g/mol. The summed E-state index contributed by atoms with van der Waals surface area (Å²) >= 11 is 3.55. The minimum Gasteiger partial charge on any atom is -0.338 e. The number of hydrogen-bond donors (Lipinski definition) is 2. The van der Waals surface area contributed by atoms with Crippen molar-refractivity contribution in [1.82, 2.24) is 15.2 Å². The van der Waals surface area contributed by atoms with Crippen LogP contribution in [-0.2, 0) is 0 Å². The second kappa shape index (κ2) is 6.97. The smallest absolute Gasteiger partial charge is 0.249 e. The van der Waals surface area contributed by atoms with Gasteiger partial charge in [-0.1, -0.05) is 24.3 Å². The van der Waals surface area contributed by atoms with Crippen LogP contribution < -0.4 is 10.6 Å². The van der Waals surface area contributed by atoms with E-state index in [2.05, 4.69) is 41.7 Å². The lowest BCUT2D eigenvalue weighted by Crippen LogP contribution is -2.04. The van der Waals surface area contributed by atoms with Crippen molar-refractivity contribution in [3.8, 4) is 0 Å². The number of benzene rings is 2. The van der Waals surface area contributed by atoms with Crippen LogP contribution in [0.15, 0.2) is 47.1 Å². The summed E-state index contributed by atoms with van der Waals surface area (Å²) in [6.07, 6.45) is 1.60. The number of para-hydroxylation sites is 1. The van der Waals surface area contributed by atoms with Gasteiger partial charge in [-0.2, -0.15) is 10.1 Å². The molecule has 5 nitrogen and oxygen atoms in total. The van der Waals surface area contributed by atoms with Crippen molar-refractivity contribution in [3.63, 3.8) is 0 Å². The minimum absolute atomic E-state index is 0.459. The van der Waals surface area contributed by atoms with Crippen LogP contribution in [0.3, 0.4) is 0 Å². The van der Waals surface area contributed by atoms with Gasteiger partial charge >= 0.3 is 0 Å². The van der Waals surface area contributed by atoms with E-state index in [-0.39, 0.29) is 0 Å². The van der Waals surface area contributed by atoms with Gasteiger partial charge in [-0.25, -0.2) is 0 Å². The highest BCUT2D eigenvalue weighted by atomic mass is 79.9. The predicted octanol–water partition coefficient (Wildman–Crippen LogP) is 5.05. The molecule has 0 saturated heterocycles. The molecule has 2 aromatic carbocycles. The number of rotatable bonds is 4. The van der Waals surface area contributed by atoms with E-state index in [0.29, 0.717) is 11.8 Å². The molecule has 0 saturated carbocycles. The zero-order chi connectivity index (χ0) is 17.1. The number of aromatic nitrogens is 3. The number of anilines is 4. The molecular formula is C18H18BrN5. The number of halogens is 1. The third kappa shape index (κ3) is 3.71. The van der Waals surface area contributed by atoms with Crippen LogP contribution in [0.4, 0.5) is 23.1 Å². The number of aryl methyl sites for hydroxylation is 3. The molecule has 1 aromatic heterocycles. The first-order chi connectivity index (χ1) is 11.5. The van der Waals surface area contributed by atoms with Gasteiger partial charge in [-0.05, 0) is 65.5 Å². The average Bonchev–Trinajstić information content (AvgIpc) is 2.54. The van der Waals surface area contributed by atoms with E-state index in [9.17, 15) is 0 Å². The van der Waals surface area contributed by atoms with Crippen molar-refractivity contribution in [3.05, 3.63) is 63.8 Å². The van der Waals surface area contributed by atoms with Gasteiger partial charge in [0.2, 0.25) is 5.95 Å². The van der Waals surface area contributed by atoms with E-state index >= 15 is 0 Å². The van der Waals surface area contributed by atoms with E-state index in [4.69, 9.17) is 0 Å². The summed E-state index contributed by atoms with van der Waals surface area (Å²) in [7, 11) is 0. The van der Waals surface area contributed by atoms with Gasteiger partial charge in [0.1, 0.15) is 0 Å². The molecule has 0 aliphatic heterocycles. The quantitative estimate of drug-likeness (QED) is 0.659. The molecule has 0 aliphatic rings. The molecule has 122 valence electrons. The van der Waals surface area contributed by atoms with Gasteiger partial charge in [0.15, 0.2) is 5.82 Å². The summed E-state index contributed by atoms with van der Waals surface area (Å²) in [4.78, 5) is 4.49. The van der Waals surface area contributed by atoms with Crippen LogP contribution in [-0.4, -0.2) is 15.2 Å². The summed E-state index contributed by atoms with van der Waals surface area (Å²) in [5.41, 5.74) is 5.40. The zero-order valence-electron chi connectivity index (χ0n) is 13.8. The molecule has 24 heavy (non-hydrogen) atoms. The summed E-state index contributed by atoms with van der Waals surface area (Å²) in [6.45, 7) is 6.15. The summed E-state index contributed by atoms with van der Waals surface area (Å²) < 4.78 is 0.977. The molecule has 0 aliphatic carbocycles. The molecule has 2 N–H and O–H groups in total. The summed E-state index contributed by atoms with van der Waals surface area (Å²) in [6, 6.07) is 12.2. The first-order valence-corrected chi connectivity index (χ1v) is 8.38. The molecule has 3 aromatic rings. The third-order valence-corrected chi connectivity index (χ3v) is 4.32. The van der Waals surface area contributed by atoms with E-state index in [0.717, 1.165) is 27.0 Å². The Bertz CT molecular complexity index is 859. The lowest BCUT2D eigenvalue weighted by atomic mass is 10.1. The van der Waals surface area contributed by atoms with Gasteiger partial charge in [-0.3, -0.25) is 0 Å². The largest absolute Gasteiger partial charge is 0.338 e. The molecule has 0 spiro atoms. The molecule has 0 fully saturated rings. The maximum absolute atomic E-state index is 4.49. The topological polar surface area (TPSA) is 62.7 Å². The minimum atomic E-state index is 0.459. The summed E-state index contributed by atoms with van der Waals surface area (Å²) in [5.74, 6) is 1.09. The second-order valence-corrected chi connectivity index (χ2v) is 6.52. The second-order valence-electron chi connectivity index (χ2n) is 5.67. The Kier molecular flexibility index (Phi) is 4.76. The summed E-state index contributed by atoms with van der Waals surface area (Å²) in [5, 5.41) is 14.6. The highest BCUT2D eigenvalue weighted by molar-refractivity contribution is 9.10. The highest BCUT2D eigenvalue weighted by Gasteiger charge is 2.07. The van der Waals surface area contributed by atoms with E-state index in [1.807, 2.05) is 57.2 Å². The molecule has 0 bridgehead atoms. The molecule has 3 rings (SSSR count). The molecule has 0 amide bonds. The number of hydrogen-bond acceptors (Lipinski definition) is 5. The Labute approximate surface area is 149 Å². The average molecular weight is 384 g/mol. The van der Waals surface area contributed by atoms with Gasteiger partial charge < -0.3 is 10.6 Å². The Morgan fingerprint density at radius 1 is 0.958 bits per heavy atom. The van der Waals surface area contributed by atoms with E-state index in [1.165, 1.54) is 5.56 Å². The van der Waals surface area contributed by atoms with Gasteiger partial charge in [0.25, 0.3) is 0 Å². The van der Waals surface area contributed by atoms with Gasteiger partial charge in [0.05, 0.1) is 11.9 Å². The molecule has 0 atom stereocenters. The molecular weight excluding hydrogens is 366 g/mol. The SMILES string of the molecule is Cc1ccc(Nc2cnnc(Nc3c(C)cccc3C)n2)c(Br)c1. The standard InChI is InChI=1S/C18H18BrN5/c1-11-7-8-15(14(19)9-11)21-16-10-20-24-18(22-16)23-17-12(2)5-4-6-13(17)3/h4-10H,1-3H3,(H2,21,22,23,24). The molecule has 0 radical (unpaired) electrons. The maximum atomic E-state index is 4.49. The van der Waals surface area contributed by atoms with Crippen LogP contribution in [0, 0.1) is 20.8 Å². The Morgan fingerprint density at radius 2 is 1.71 bits per heavy atom. The van der Waals surface area contributed by atoms with Crippen LogP contribution in [0.25, 0.3) is 0 Å². The van der Waals surface area contributed by atoms with Crippen molar-refractivity contribution in [2.45, 2.75) is 20.8 Å². The van der Waals surface area contributed by atoms with Crippen LogP contribution in [0.5, 0.6) is 0 Å². The van der Waals surface area contributed by atoms with Crippen molar-refractivity contribution in [2.75, 3.05) is 10.6 Å². The molecule has 6 heteroatoms. The fourth-order valence-corrected chi connectivity index (χ4v) is 2.99. The van der Waals surface area contributed by atoms with Gasteiger partial charge in [0, 0.05) is 10.2 Å². The fourth-order valence-electron chi connectivity index (χ4n) is 2.40. The highest BCUT2D eigenvalue weighted by Crippen LogP contribution is 2.27. The Morgan fingerprint density at radius 3 is 2.42 bits per heavy atom. The first-order valence-electron chi connectivity index (χ1n) is 7.59. The van der Waals surface area contributed by atoms with Gasteiger partial charge in [-0.15, -0.1) is 5.10 Å². The third-order valence-electron chi connectivity index (χ3n) is 3.66. The van der Waals surface area contributed by atoms with E-state index in [1.54, 1.807) is 6.20 Å². The van der Waals surface area contributed by atoms with Crippen LogP contribution in [0.1, 0.15) is 16.7 Å². The fraction of sp³-hybridized carbons (Fsp3) is 0.167. The van der Waals surface area contributed by atoms with Crippen molar-refractivity contribution >= 4 is 39.1 Å². The lowest BCUT2D eigenvalue weighted by Gasteiger charge is -2.12. The molecule has 0 unspecified atom stereocenters. The van der Waals surface area contributed by atoms with Crippen molar-refractivity contribution in [2.24, 2.45) is 0 Å². The predicted molar refractivity (Wildman–Crippen MR) is 101 cm³/mol. The van der Waals surface area contributed by atoms with Crippen LogP contribution in [0.2, 0.25) is 0 Å². The lowest BCUT2D eigenvalue weighted by molar-refractivity contribution is 0.981. The van der Waals surface area contributed by atoms with E-state index < -0.39 is 0 Å².